The Balaban J connectivity index is 2.46. The molecule has 0 radical (unpaired) electrons. The zero-order valence-electron chi connectivity index (χ0n) is 8.28. The monoisotopic (exact) mass is 191 g/mol. The number of nitrogens with zero attached hydrogens (tertiary/aromatic N) is 3. The number of imidazole rings is 1. The number of anilines is 1. The van der Waals surface area contributed by atoms with Crippen molar-refractivity contribution in [2.24, 2.45) is 5.92 Å². The van der Waals surface area contributed by atoms with E-state index in [-0.39, 0.29) is 0 Å². The van der Waals surface area contributed by atoms with Crippen LogP contribution < -0.4 is 5.73 Å². The van der Waals surface area contributed by atoms with E-state index in [0.29, 0.717) is 17.4 Å². The Morgan fingerprint density at radius 3 is 2.86 bits per heavy atom. The Morgan fingerprint density at radius 1 is 1.43 bits per heavy atom. The third-order valence-electron chi connectivity index (χ3n) is 1.97. The van der Waals surface area contributed by atoms with Gasteiger partial charge in [-0.2, -0.15) is 0 Å². The summed E-state index contributed by atoms with van der Waals surface area (Å²) < 4.78 is 0. The van der Waals surface area contributed by atoms with Crippen LogP contribution >= 0.6 is 0 Å². The van der Waals surface area contributed by atoms with Crippen LogP contribution in [0.5, 0.6) is 0 Å². The minimum atomic E-state index is 0.456. The Labute approximate surface area is 81.8 Å². The molecule has 0 fully saturated rings. The maximum atomic E-state index is 5.68. The topological polar surface area (TPSA) is 80.5 Å². The van der Waals surface area contributed by atoms with Gasteiger partial charge < -0.3 is 10.7 Å². The van der Waals surface area contributed by atoms with Gasteiger partial charge in [-0.05, 0) is 5.92 Å². The molecule has 5 heteroatoms. The fraction of sp³-hybridized carbons (Fsp3) is 0.444. The van der Waals surface area contributed by atoms with Gasteiger partial charge >= 0.3 is 0 Å². The van der Waals surface area contributed by atoms with Gasteiger partial charge in [-0.25, -0.2) is 15.0 Å². The maximum Gasteiger partial charge on any atom is 0.183 e. The summed E-state index contributed by atoms with van der Waals surface area (Å²) >= 11 is 0. The van der Waals surface area contributed by atoms with Crippen LogP contribution in [0.15, 0.2) is 6.33 Å². The summed E-state index contributed by atoms with van der Waals surface area (Å²) in [6.45, 7) is 4.28. The first kappa shape index (κ1) is 8.93. The fourth-order valence-electron chi connectivity index (χ4n) is 1.38. The number of hydrogen-bond acceptors (Lipinski definition) is 4. The summed E-state index contributed by atoms with van der Waals surface area (Å²) in [5, 5.41) is 0. The van der Waals surface area contributed by atoms with E-state index in [1.165, 1.54) is 6.33 Å². The van der Waals surface area contributed by atoms with Gasteiger partial charge in [0.2, 0.25) is 0 Å². The normalized spacial score (nSPS) is 11.4. The molecule has 2 heterocycles. The first-order valence-electron chi connectivity index (χ1n) is 4.62. The summed E-state index contributed by atoms with van der Waals surface area (Å²) in [5.41, 5.74) is 7.06. The van der Waals surface area contributed by atoms with Crippen LogP contribution in [0, 0.1) is 5.92 Å². The van der Waals surface area contributed by atoms with Crippen molar-refractivity contribution in [1.29, 1.82) is 0 Å². The Kier molecular flexibility index (Phi) is 2.07. The lowest BCUT2D eigenvalue weighted by Gasteiger charge is -1.98. The Bertz CT molecular complexity index is 445. The summed E-state index contributed by atoms with van der Waals surface area (Å²) in [5.74, 6) is 1.93. The summed E-state index contributed by atoms with van der Waals surface area (Å²) in [6, 6.07) is 0. The van der Waals surface area contributed by atoms with Crippen LogP contribution in [0.2, 0.25) is 0 Å². The van der Waals surface area contributed by atoms with Gasteiger partial charge in [0.05, 0.1) is 0 Å². The zero-order chi connectivity index (χ0) is 10.1. The molecule has 0 saturated heterocycles. The van der Waals surface area contributed by atoms with Crippen LogP contribution in [0.4, 0.5) is 5.82 Å². The molecule has 2 rings (SSSR count). The average molecular weight is 191 g/mol. The molecule has 2 aromatic rings. The number of nitrogen functional groups attached to an aromatic ring is 1. The predicted molar refractivity (Wildman–Crippen MR) is 54.6 cm³/mol. The summed E-state index contributed by atoms with van der Waals surface area (Å²) in [4.78, 5) is 15.4. The summed E-state index contributed by atoms with van der Waals surface area (Å²) in [6.07, 6.45) is 2.33. The molecule has 2 aromatic heterocycles. The molecule has 0 bridgehead atoms. The molecule has 0 amide bonds. The van der Waals surface area contributed by atoms with Gasteiger partial charge in [-0.15, -0.1) is 0 Å². The van der Waals surface area contributed by atoms with Gasteiger partial charge in [0, 0.05) is 6.42 Å². The van der Waals surface area contributed by atoms with E-state index in [1.54, 1.807) is 0 Å². The van der Waals surface area contributed by atoms with E-state index < -0.39 is 0 Å². The van der Waals surface area contributed by atoms with Crippen molar-refractivity contribution in [3.8, 4) is 0 Å². The summed E-state index contributed by atoms with van der Waals surface area (Å²) in [7, 11) is 0. The van der Waals surface area contributed by atoms with Gasteiger partial charge in [0.25, 0.3) is 0 Å². The molecule has 0 aliphatic heterocycles. The number of fused-ring (bicyclic) bond motifs is 1. The highest BCUT2D eigenvalue weighted by atomic mass is 15.0. The lowest BCUT2D eigenvalue weighted by molar-refractivity contribution is 0.627. The quantitative estimate of drug-likeness (QED) is 0.745. The second kappa shape index (κ2) is 3.25. The molecule has 0 aliphatic carbocycles. The zero-order valence-corrected chi connectivity index (χ0v) is 8.28. The van der Waals surface area contributed by atoms with E-state index in [2.05, 4.69) is 33.8 Å². The van der Waals surface area contributed by atoms with Crippen molar-refractivity contribution in [2.75, 3.05) is 5.73 Å². The molecule has 3 N–H and O–H groups in total. The molecular weight excluding hydrogens is 178 g/mol. The van der Waals surface area contributed by atoms with Crippen molar-refractivity contribution in [2.45, 2.75) is 20.3 Å². The number of aromatic nitrogens is 4. The van der Waals surface area contributed by atoms with Crippen molar-refractivity contribution in [1.82, 2.24) is 19.9 Å². The average Bonchev–Trinajstić information content (AvgIpc) is 2.47. The molecular formula is C9H13N5. The van der Waals surface area contributed by atoms with Crippen molar-refractivity contribution in [3.05, 3.63) is 12.2 Å². The van der Waals surface area contributed by atoms with Crippen LogP contribution in [0.1, 0.15) is 19.7 Å². The number of nitrogens with two attached hydrogens (primary N) is 1. The fourth-order valence-corrected chi connectivity index (χ4v) is 1.38. The largest absolute Gasteiger partial charge is 0.382 e. The van der Waals surface area contributed by atoms with E-state index in [4.69, 9.17) is 5.73 Å². The molecule has 0 spiro atoms. The molecule has 0 unspecified atom stereocenters. The van der Waals surface area contributed by atoms with Gasteiger partial charge in [0.15, 0.2) is 11.5 Å². The highest BCUT2D eigenvalue weighted by molar-refractivity contribution is 5.80. The van der Waals surface area contributed by atoms with Crippen LogP contribution in [-0.2, 0) is 6.42 Å². The third-order valence-corrected chi connectivity index (χ3v) is 1.97. The molecule has 14 heavy (non-hydrogen) atoms. The van der Waals surface area contributed by atoms with E-state index in [1.807, 2.05) is 0 Å². The first-order chi connectivity index (χ1) is 6.66. The number of aromatic amines is 1. The number of rotatable bonds is 2. The standard InChI is InChI=1S/C9H13N5/c1-5(2)3-6-13-7-8(10)11-4-12-9(7)14-6/h4-5H,3H2,1-2H3,(H3,10,11,12,13,14). The van der Waals surface area contributed by atoms with Crippen molar-refractivity contribution >= 4 is 17.0 Å². The Hall–Kier alpha value is -1.65. The molecule has 0 aliphatic rings. The smallest absolute Gasteiger partial charge is 0.183 e. The maximum absolute atomic E-state index is 5.68. The first-order valence-corrected chi connectivity index (χ1v) is 4.62. The molecule has 0 atom stereocenters. The number of nitrogens with one attached hydrogen (secondary N) is 1. The second-order valence-electron chi connectivity index (χ2n) is 3.74. The third kappa shape index (κ3) is 1.53. The molecule has 5 nitrogen and oxygen atoms in total. The highest BCUT2D eigenvalue weighted by Gasteiger charge is 2.07. The minimum Gasteiger partial charge on any atom is -0.382 e. The molecule has 74 valence electrons. The van der Waals surface area contributed by atoms with E-state index in [0.717, 1.165) is 17.8 Å². The van der Waals surface area contributed by atoms with Gasteiger partial charge in [-0.3, -0.25) is 0 Å². The van der Waals surface area contributed by atoms with Gasteiger partial charge in [0.1, 0.15) is 17.7 Å². The highest BCUT2D eigenvalue weighted by Crippen LogP contribution is 2.14. The lowest BCUT2D eigenvalue weighted by Crippen LogP contribution is -1.95. The second-order valence-corrected chi connectivity index (χ2v) is 3.74. The SMILES string of the molecule is CC(C)Cc1nc2ncnc(N)c2[nH]1. The van der Waals surface area contributed by atoms with Crippen LogP contribution in [0.25, 0.3) is 11.2 Å². The minimum absolute atomic E-state index is 0.456. The van der Waals surface area contributed by atoms with E-state index in [9.17, 15) is 0 Å². The Morgan fingerprint density at radius 2 is 2.21 bits per heavy atom. The molecule has 0 saturated carbocycles. The van der Waals surface area contributed by atoms with Crippen LogP contribution in [-0.4, -0.2) is 19.9 Å². The number of hydrogen-bond donors (Lipinski definition) is 2. The van der Waals surface area contributed by atoms with Crippen molar-refractivity contribution < 1.29 is 0 Å². The lowest BCUT2D eigenvalue weighted by atomic mass is 10.1. The predicted octanol–water partition coefficient (Wildman–Crippen LogP) is 1.13. The molecule has 0 aromatic carbocycles. The van der Waals surface area contributed by atoms with Crippen molar-refractivity contribution in [3.63, 3.8) is 0 Å². The number of H-pyrrole nitrogens is 1. The van der Waals surface area contributed by atoms with Gasteiger partial charge in [-0.1, -0.05) is 13.8 Å². The van der Waals surface area contributed by atoms with E-state index >= 15 is 0 Å². The van der Waals surface area contributed by atoms with Crippen LogP contribution in [0.3, 0.4) is 0 Å².